The number of hydrogen-bond acceptors (Lipinski definition) is 4. The molecule has 0 radical (unpaired) electrons. The average molecular weight is 446 g/mol. The number of aryl methyl sites for hydroxylation is 1. The third-order valence-corrected chi connectivity index (χ3v) is 6.02. The van der Waals surface area contributed by atoms with Gasteiger partial charge in [-0.25, -0.2) is 8.42 Å². The Bertz CT molecular complexity index is 993. The van der Waals surface area contributed by atoms with Crippen molar-refractivity contribution in [2.75, 3.05) is 23.7 Å². The van der Waals surface area contributed by atoms with E-state index in [-0.39, 0.29) is 19.0 Å². The molecule has 1 N–H and O–H groups in total. The van der Waals surface area contributed by atoms with Crippen molar-refractivity contribution in [2.24, 2.45) is 0 Å². The molecule has 31 heavy (non-hydrogen) atoms. The van der Waals surface area contributed by atoms with Crippen LogP contribution in [0.5, 0.6) is 0 Å². The topological polar surface area (TPSA) is 86.8 Å². The van der Waals surface area contributed by atoms with E-state index in [2.05, 4.69) is 5.32 Å². The fraction of sp³-hybridized carbons (Fsp3) is 0.391. The lowest BCUT2D eigenvalue weighted by atomic mass is 10.1. The van der Waals surface area contributed by atoms with E-state index in [0.717, 1.165) is 28.1 Å². The number of rotatable bonds is 10. The minimum atomic E-state index is -3.71. The van der Waals surface area contributed by atoms with E-state index >= 15 is 0 Å². The molecule has 0 saturated carbocycles. The summed E-state index contributed by atoms with van der Waals surface area (Å²) in [6.45, 7) is 5.78. The summed E-state index contributed by atoms with van der Waals surface area (Å²) < 4.78 is 26.0. The first kappa shape index (κ1) is 24.4. The van der Waals surface area contributed by atoms with Crippen LogP contribution in [0.4, 0.5) is 5.69 Å². The first-order chi connectivity index (χ1) is 14.6. The first-order valence-corrected chi connectivity index (χ1v) is 12.1. The molecule has 2 aromatic carbocycles. The molecule has 0 aromatic heterocycles. The summed E-state index contributed by atoms with van der Waals surface area (Å²) in [4.78, 5) is 27.3. The zero-order valence-electron chi connectivity index (χ0n) is 18.5. The molecule has 8 heteroatoms. The summed E-state index contributed by atoms with van der Waals surface area (Å²) in [6.07, 6.45) is 1.85. The van der Waals surface area contributed by atoms with E-state index in [4.69, 9.17) is 0 Å². The minimum absolute atomic E-state index is 0.200. The van der Waals surface area contributed by atoms with Crippen LogP contribution in [0.25, 0.3) is 0 Å². The van der Waals surface area contributed by atoms with Crippen LogP contribution in [-0.4, -0.2) is 50.5 Å². The standard InChI is InChI=1S/C23H31N3O4S/c1-5-14-24-23(28)19(3)25(16-20-11-7-6-8-12-20)22(27)17-26(31(4,29)30)21-13-9-10-18(2)15-21/h6-13,15,19H,5,14,16-17H2,1-4H3,(H,24,28)/t19-/m0/s1. The molecule has 7 nitrogen and oxygen atoms in total. The normalized spacial score (nSPS) is 12.1. The van der Waals surface area contributed by atoms with Crippen molar-refractivity contribution in [2.45, 2.75) is 39.8 Å². The van der Waals surface area contributed by atoms with E-state index in [1.54, 1.807) is 25.1 Å². The van der Waals surface area contributed by atoms with Gasteiger partial charge in [-0.3, -0.25) is 13.9 Å². The molecule has 168 valence electrons. The number of anilines is 1. The molecule has 0 fully saturated rings. The van der Waals surface area contributed by atoms with Gasteiger partial charge >= 0.3 is 0 Å². The highest BCUT2D eigenvalue weighted by atomic mass is 32.2. The Morgan fingerprint density at radius 2 is 1.74 bits per heavy atom. The van der Waals surface area contributed by atoms with Gasteiger partial charge in [0, 0.05) is 13.1 Å². The lowest BCUT2D eigenvalue weighted by Crippen LogP contribution is -2.51. The number of nitrogens with zero attached hydrogens (tertiary/aromatic N) is 2. The lowest BCUT2D eigenvalue weighted by molar-refractivity contribution is -0.139. The maximum atomic E-state index is 13.3. The third-order valence-electron chi connectivity index (χ3n) is 4.88. The second kappa shape index (κ2) is 10.9. The maximum absolute atomic E-state index is 13.3. The Hall–Kier alpha value is -2.87. The number of carbonyl (C=O) groups is 2. The van der Waals surface area contributed by atoms with Gasteiger partial charge in [-0.1, -0.05) is 49.4 Å². The fourth-order valence-electron chi connectivity index (χ4n) is 3.16. The number of carbonyl (C=O) groups excluding carboxylic acids is 2. The van der Waals surface area contributed by atoms with Crippen LogP contribution in [0.3, 0.4) is 0 Å². The highest BCUT2D eigenvalue weighted by Crippen LogP contribution is 2.20. The highest BCUT2D eigenvalue weighted by Gasteiger charge is 2.29. The van der Waals surface area contributed by atoms with Crippen LogP contribution >= 0.6 is 0 Å². The van der Waals surface area contributed by atoms with Gasteiger partial charge in [0.05, 0.1) is 11.9 Å². The smallest absolute Gasteiger partial charge is 0.244 e. The molecule has 1 atom stereocenters. The van der Waals surface area contributed by atoms with Crippen LogP contribution in [0.2, 0.25) is 0 Å². The first-order valence-electron chi connectivity index (χ1n) is 10.3. The zero-order valence-corrected chi connectivity index (χ0v) is 19.4. The maximum Gasteiger partial charge on any atom is 0.244 e. The van der Waals surface area contributed by atoms with Crippen molar-refractivity contribution < 1.29 is 18.0 Å². The highest BCUT2D eigenvalue weighted by molar-refractivity contribution is 7.92. The molecular formula is C23H31N3O4S. The molecule has 0 unspecified atom stereocenters. The summed E-state index contributed by atoms with van der Waals surface area (Å²) >= 11 is 0. The molecule has 0 aliphatic rings. The summed E-state index contributed by atoms with van der Waals surface area (Å²) in [5.74, 6) is -0.720. The van der Waals surface area contributed by atoms with Crippen molar-refractivity contribution in [3.8, 4) is 0 Å². The largest absolute Gasteiger partial charge is 0.354 e. The van der Waals surface area contributed by atoms with Crippen LogP contribution < -0.4 is 9.62 Å². The summed E-state index contributed by atoms with van der Waals surface area (Å²) in [5, 5.41) is 2.81. The molecule has 2 aromatic rings. The summed E-state index contributed by atoms with van der Waals surface area (Å²) in [6, 6.07) is 15.5. The summed E-state index contributed by atoms with van der Waals surface area (Å²) in [5.41, 5.74) is 2.15. The Kier molecular flexibility index (Phi) is 8.62. The molecule has 0 spiro atoms. The molecule has 0 aliphatic heterocycles. The van der Waals surface area contributed by atoms with Gasteiger partial charge in [0.15, 0.2) is 0 Å². The van der Waals surface area contributed by atoms with Crippen LogP contribution in [-0.2, 0) is 26.2 Å². The molecular weight excluding hydrogens is 414 g/mol. The van der Waals surface area contributed by atoms with Gasteiger partial charge in [-0.05, 0) is 43.5 Å². The van der Waals surface area contributed by atoms with Crippen LogP contribution in [0.15, 0.2) is 54.6 Å². The van der Waals surface area contributed by atoms with Crippen molar-refractivity contribution in [3.05, 3.63) is 65.7 Å². The van der Waals surface area contributed by atoms with Gasteiger partial charge in [0.2, 0.25) is 21.8 Å². The second-order valence-electron chi connectivity index (χ2n) is 7.58. The van der Waals surface area contributed by atoms with Crippen molar-refractivity contribution in [1.82, 2.24) is 10.2 Å². The van der Waals surface area contributed by atoms with Crippen molar-refractivity contribution in [3.63, 3.8) is 0 Å². The third kappa shape index (κ3) is 7.10. The molecule has 2 amide bonds. The van der Waals surface area contributed by atoms with E-state index in [9.17, 15) is 18.0 Å². The predicted octanol–water partition coefficient (Wildman–Crippen LogP) is 2.70. The number of sulfonamides is 1. The van der Waals surface area contributed by atoms with E-state index in [1.807, 2.05) is 50.2 Å². The molecule has 0 bridgehead atoms. The van der Waals surface area contributed by atoms with E-state index in [1.165, 1.54) is 4.90 Å². The predicted molar refractivity (Wildman–Crippen MR) is 123 cm³/mol. The van der Waals surface area contributed by atoms with E-state index in [0.29, 0.717) is 12.2 Å². The Morgan fingerprint density at radius 3 is 2.32 bits per heavy atom. The summed E-state index contributed by atoms with van der Waals surface area (Å²) in [7, 11) is -3.71. The van der Waals surface area contributed by atoms with Gasteiger partial charge in [-0.2, -0.15) is 0 Å². The lowest BCUT2D eigenvalue weighted by Gasteiger charge is -2.31. The number of benzene rings is 2. The Balaban J connectivity index is 2.34. The number of hydrogen-bond donors (Lipinski definition) is 1. The quantitative estimate of drug-likeness (QED) is 0.609. The molecule has 2 rings (SSSR count). The average Bonchev–Trinajstić information content (AvgIpc) is 2.73. The Labute approximate surface area is 185 Å². The number of nitrogens with one attached hydrogen (secondary N) is 1. The zero-order chi connectivity index (χ0) is 23.0. The molecule has 0 heterocycles. The molecule has 0 saturated heterocycles. The second-order valence-corrected chi connectivity index (χ2v) is 9.49. The van der Waals surface area contributed by atoms with Gasteiger partial charge in [0.25, 0.3) is 0 Å². The van der Waals surface area contributed by atoms with Gasteiger partial charge < -0.3 is 10.2 Å². The van der Waals surface area contributed by atoms with Crippen molar-refractivity contribution in [1.29, 1.82) is 0 Å². The van der Waals surface area contributed by atoms with Crippen LogP contribution in [0.1, 0.15) is 31.4 Å². The minimum Gasteiger partial charge on any atom is -0.354 e. The fourth-order valence-corrected chi connectivity index (χ4v) is 4.00. The monoisotopic (exact) mass is 445 g/mol. The van der Waals surface area contributed by atoms with E-state index < -0.39 is 22.0 Å². The molecule has 0 aliphatic carbocycles. The van der Waals surface area contributed by atoms with Gasteiger partial charge in [0.1, 0.15) is 12.6 Å². The number of amides is 2. The Morgan fingerprint density at radius 1 is 1.06 bits per heavy atom. The SMILES string of the molecule is CCCNC(=O)[C@H](C)N(Cc1ccccc1)C(=O)CN(c1cccc(C)c1)S(C)(=O)=O. The van der Waals surface area contributed by atoms with Crippen LogP contribution in [0, 0.1) is 6.92 Å². The van der Waals surface area contributed by atoms with Gasteiger partial charge in [-0.15, -0.1) is 0 Å². The van der Waals surface area contributed by atoms with Crippen molar-refractivity contribution >= 4 is 27.5 Å².